The Kier molecular flexibility index (Phi) is 4.55. The van der Waals surface area contributed by atoms with Gasteiger partial charge in [-0.05, 0) is 26.9 Å². The van der Waals surface area contributed by atoms with Crippen LogP contribution in [-0.2, 0) is 6.54 Å². The molecule has 1 aromatic heterocycles. The number of piperazine rings is 1. The molecule has 1 saturated heterocycles. The highest BCUT2D eigenvalue weighted by Gasteiger charge is 2.23. The second-order valence-corrected chi connectivity index (χ2v) is 5.10. The van der Waals surface area contributed by atoms with Crippen molar-refractivity contribution in [2.45, 2.75) is 19.9 Å². The first-order valence-corrected chi connectivity index (χ1v) is 6.83. The lowest BCUT2D eigenvalue weighted by molar-refractivity contribution is 0.0663. The van der Waals surface area contributed by atoms with Gasteiger partial charge in [-0.25, -0.2) is 0 Å². The number of carbonyl (C=O) groups is 1. The van der Waals surface area contributed by atoms with Gasteiger partial charge in [0.1, 0.15) is 0 Å². The van der Waals surface area contributed by atoms with Crippen molar-refractivity contribution in [2.75, 3.05) is 39.8 Å². The largest absolute Gasteiger partial charge is 0.336 e. The van der Waals surface area contributed by atoms with Gasteiger partial charge in [0.15, 0.2) is 0 Å². The minimum absolute atomic E-state index is 0.101. The van der Waals surface area contributed by atoms with Crippen molar-refractivity contribution < 1.29 is 4.79 Å². The molecule has 19 heavy (non-hydrogen) atoms. The number of rotatable bonds is 4. The lowest BCUT2D eigenvalue weighted by atomic mass is 10.2. The van der Waals surface area contributed by atoms with Gasteiger partial charge in [-0.1, -0.05) is 0 Å². The number of nitrogens with two attached hydrogens (primary N) is 1. The summed E-state index contributed by atoms with van der Waals surface area (Å²) in [5.74, 6) is 0.101. The molecule has 0 spiro atoms. The number of hydrogen-bond donors (Lipinski definition) is 1. The molecule has 6 heteroatoms. The van der Waals surface area contributed by atoms with E-state index in [0.717, 1.165) is 50.4 Å². The van der Waals surface area contributed by atoms with Crippen molar-refractivity contribution in [3.63, 3.8) is 0 Å². The first-order chi connectivity index (χ1) is 9.13. The molecule has 2 N–H and O–H groups in total. The third kappa shape index (κ3) is 3.13. The summed E-state index contributed by atoms with van der Waals surface area (Å²) < 4.78 is 1.87. The quantitative estimate of drug-likeness (QED) is 0.827. The van der Waals surface area contributed by atoms with E-state index in [1.165, 1.54) is 0 Å². The summed E-state index contributed by atoms with van der Waals surface area (Å²) in [7, 11) is 2.08. The van der Waals surface area contributed by atoms with Crippen molar-refractivity contribution in [3.05, 3.63) is 17.5 Å². The number of aromatic nitrogens is 2. The average molecular weight is 265 g/mol. The Labute approximate surface area is 114 Å². The van der Waals surface area contributed by atoms with E-state index >= 15 is 0 Å². The van der Waals surface area contributed by atoms with Crippen LogP contribution in [0.1, 0.15) is 22.5 Å². The number of nitrogens with zero attached hydrogens (tertiary/aromatic N) is 4. The fourth-order valence-electron chi connectivity index (χ4n) is 2.30. The lowest BCUT2D eigenvalue weighted by Gasteiger charge is -2.32. The van der Waals surface area contributed by atoms with Crippen LogP contribution < -0.4 is 5.73 Å². The van der Waals surface area contributed by atoms with Crippen molar-refractivity contribution in [1.29, 1.82) is 0 Å². The molecule has 6 nitrogen and oxygen atoms in total. The number of amides is 1. The van der Waals surface area contributed by atoms with E-state index < -0.39 is 0 Å². The van der Waals surface area contributed by atoms with Crippen LogP contribution in [-0.4, -0.2) is 65.3 Å². The standard InChI is InChI=1S/C13H23N5O/c1-11-12(10-15-18(11)5-3-4-14)13(19)17-8-6-16(2)7-9-17/h10H,3-9,14H2,1-2H3. The normalized spacial score (nSPS) is 16.9. The molecule has 1 aliphatic rings. The zero-order chi connectivity index (χ0) is 13.8. The summed E-state index contributed by atoms with van der Waals surface area (Å²) in [4.78, 5) is 16.6. The maximum Gasteiger partial charge on any atom is 0.257 e. The molecule has 0 aromatic carbocycles. The average Bonchev–Trinajstić information content (AvgIpc) is 2.78. The third-order valence-electron chi connectivity index (χ3n) is 3.70. The van der Waals surface area contributed by atoms with Gasteiger partial charge in [0.25, 0.3) is 5.91 Å². The highest BCUT2D eigenvalue weighted by Crippen LogP contribution is 2.12. The molecule has 1 amide bonds. The summed E-state index contributed by atoms with van der Waals surface area (Å²) in [6, 6.07) is 0. The molecule has 0 atom stereocenters. The SMILES string of the molecule is Cc1c(C(=O)N2CCN(C)CC2)cnn1CCCN. The van der Waals surface area contributed by atoms with Gasteiger partial charge in [0.2, 0.25) is 0 Å². The lowest BCUT2D eigenvalue weighted by Crippen LogP contribution is -2.47. The second kappa shape index (κ2) is 6.16. The van der Waals surface area contributed by atoms with Crippen molar-refractivity contribution in [1.82, 2.24) is 19.6 Å². The third-order valence-corrected chi connectivity index (χ3v) is 3.70. The topological polar surface area (TPSA) is 67.4 Å². The molecule has 1 aromatic rings. The molecule has 0 unspecified atom stereocenters. The van der Waals surface area contributed by atoms with E-state index in [2.05, 4.69) is 17.0 Å². The number of aryl methyl sites for hydroxylation is 1. The van der Waals surface area contributed by atoms with Gasteiger partial charge in [-0.2, -0.15) is 5.10 Å². The van der Waals surface area contributed by atoms with Gasteiger partial charge in [-0.15, -0.1) is 0 Å². The number of carbonyl (C=O) groups excluding carboxylic acids is 1. The predicted octanol–water partition coefficient (Wildman–Crippen LogP) is -0.0721. The summed E-state index contributed by atoms with van der Waals surface area (Å²) in [6.07, 6.45) is 2.57. The molecule has 0 saturated carbocycles. The van der Waals surface area contributed by atoms with Crippen LogP contribution >= 0.6 is 0 Å². The van der Waals surface area contributed by atoms with Crippen LogP contribution in [0, 0.1) is 6.92 Å². The van der Waals surface area contributed by atoms with Crippen LogP contribution in [0.25, 0.3) is 0 Å². The van der Waals surface area contributed by atoms with Crippen LogP contribution in [0.5, 0.6) is 0 Å². The van der Waals surface area contributed by atoms with E-state index in [4.69, 9.17) is 5.73 Å². The minimum Gasteiger partial charge on any atom is -0.336 e. The highest BCUT2D eigenvalue weighted by molar-refractivity contribution is 5.95. The molecule has 0 bridgehead atoms. The van der Waals surface area contributed by atoms with Gasteiger partial charge in [0, 0.05) is 38.4 Å². The second-order valence-electron chi connectivity index (χ2n) is 5.10. The predicted molar refractivity (Wildman–Crippen MR) is 74.0 cm³/mol. The maximum atomic E-state index is 12.4. The molecule has 1 fully saturated rings. The van der Waals surface area contributed by atoms with E-state index in [9.17, 15) is 4.79 Å². The van der Waals surface area contributed by atoms with Gasteiger partial charge in [0.05, 0.1) is 11.8 Å². The molecule has 0 radical (unpaired) electrons. The van der Waals surface area contributed by atoms with E-state index in [1.54, 1.807) is 6.20 Å². The van der Waals surface area contributed by atoms with Gasteiger partial charge < -0.3 is 15.5 Å². The Morgan fingerprint density at radius 1 is 1.37 bits per heavy atom. The highest BCUT2D eigenvalue weighted by atomic mass is 16.2. The maximum absolute atomic E-state index is 12.4. The van der Waals surface area contributed by atoms with E-state index in [0.29, 0.717) is 6.54 Å². The van der Waals surface area contributed by atoms with Gasteiger partial charge in [-0.3, -0.25) is 9.48 Å². The van der Waals surface area contributed by atoms with Crippen molar-refractivity contribution in [3.8, 4) is 0 Å². The fraction of sp³-hybridized carbons (Fsp3) is 0.692. The Morgan fingerprint density at radius 2 is 2.05 bits per heavy atom. The Morgan fingerprint density at radius 3 is 2.68 bits per heavy atom. The zero-order valence-electron chi connectivity index (χ0n) is 11.8. The zero-order valence-corrected chi connectivity index (χ0v) is 11.8. The van der Waals surface area contributed by atoms with Crippen LogP contribution in [0.15, 0.2) is 6.20 Å². The smallest absolute Gasteiger partial charge is 0.257 e. The molecule has 106 valence electrons. The summed E-state index contributed by atoms with van der Waals surface area (Å²) in [5.41, 5.74) is 7.17. The summed E-state index contributed by atoms with van der Waals surface area (Å²) in [6.45, 7) is 6.83. The Balaban J connectivity index is 2.05. The Hall–Kier alpha value is -1.40. The van der Waals surface area contributed by atoms with Crippen molar-refractivity contribution >= 4 is 5.91 Å². The molecule has 0 aliphatic carbocycles. The molecule has 2 rings (SSSR count). The van der Waals surface area contributed by atoms with Gasteiger partial charge >= 0.3 is 0 Å². The van der Waals surface area contributed by atoms with Crippen LogP contribution in [0.2, 0.25) is 0 Å². The summed E-state index contributed by atoms with van der Waals surface area (Å²) >= 11 is 0. The summed E-state index contributed by atoms with van der Waals surface area (Å²) in [5, 5.41) is 4.29. The minimum atomic E-state index is 0.101. The first kappa shape index (κ1) is 14.0. The molecule has 2 heterocycles. The van der Waals surface area contributed by atoms with E-state index in [-0.39, 0.29) is 5.91 Å². The van der Waals surface area contributed by atoms with E-state index in [1.807, 2.05) is 16.5 Å². The van der Waals surface area contributed by atoms with Crippen LogP contribution in [0.3, 0.4) is 0 Å². The van der Waals surface area contributed by atoms with Crippen molar-refractivity contribution in [2.24, 2.45) is 5.73 Å². The molecular formula is C13H23N5O. The molecule has 1 aliphatic heterocycles. The van der Waals surface area contributed by atoms with Crippen LogP contribution in [0.4, 0.5) is 0 Å². The Bertz CT molecular complexity index is 434. The fourth-order valence-corrected chi connectivity index (χ4v) is 2.30. The number of hydrogen-bond acceptors (Lipinski definition) is 4. The molecular weight excluding hydrogens is 242 g/mol. The number of likely N-dealkylation sites (N-methyl/N-ethyl adjacent to an activating group) is 1. The monoisotopic (exact) mass is 265 g/mol. The first-order valence-electron chi connectivity index (χ1n) is 6.83.